The number of hydrogen-bond donors (Lipinski definition) is 4. The molecule has 4 aliphatic rings. The van der Waals surface area contributed by atoms with E-state index in [9.17, 15) is 24.6 Å². The maximum Gasteiger partial charge on any atom is 0.352 e. The molecule has 5 N–H and O–H groups in total. The number of aromatic hydroxyl groups is 1. The van der Waals surface area contributed by atoms with Gasteiger partial charge in [0, 0.05) is 24.4 Å². The van der Waals surface area contributed by atoms with Crippen molar-refractivity contribution in [2.45, 2.75) is 74.3 Å². The number of nitrogens with zero attached hydrogens (tertiary/aromatic N) is 1. The van der Waals surface area contributed by atoms with Gasteiger partial charge in [0.2, 0.25) is 0 Å². The number of likely N-dealkylation sites (tertiary alicyclic amines) is 1. The van der Waals surface area contributed by atoms with Gasteiger partial charge in [-0.2, -0.15) is 0 Å². The number of piperidine rings is 1. The summed E-state index contributed by atoms with van der Waals surface area (Å²) < 4.78 is 17.0. The number of benzene rings is 1. The van der Waals surface area contributed by atoms with Crippen molar-refractivity contribution < 1.29 is 43.9 Å². The van der Waals surface area contributed by atoms with Gasteiger partial charge in [0.25, 0.3) is 0 Å². The van der Waals surface area contributed by atoms with Gasteiger partial charge in [-0.1, -0.05) is 6.07 Å². The van der Waals surface area contributed by atoms with Crippen LogP contribution in [0.4, 0.5) is 0 Å². The van der Waals surface area contributed by atoms with E-state index in [1.54, 1.807) is 12.1 Å². The second kappa shape index (κ2) is 8.46. The van der Waals surface area contributed by atoms with Crippen LogP contribution in [-0.2, 0) is 35.7 Å². The summed E-state index contributed by atoms with van der Waals surface area (Å²) in [5.41, 5.74) is 5.32. The number of esters is 2. The maximum atomic E-state index is 12.9. The number of carbonyl (C=O) groups excluding carboxylic acids is 2. The molecule has 11 heteroatoms. The fourth-order valence-electron chi connectivity index (χ4n) is 6.34. The van der Waals surface area contributed by atoms with Crippen molar-refractivity contribution in [3.63, 3.8) is 0 Å². The molecule has 2 bridgehead atoms. The SMILES string of the molecule is C[C@H](OC(=O)[C@@H](N)CCC(=O)O)C(=O)OC1=CC[C@@]2(O)[C@@H]3Cc4ccc(O)c5c4[C@@]2(CCN3C)[C@H]1O5. The van der Waals surface area contributed by atoms with Crippen molar-refractivity contribution in [3.8, 4) is 11.5 Å². The van der Waals surface area contributed by atoms with Crippen molar-refractivity contribution in [2.75, 3.05) is 13.6 Å². The van der Waals surface area contributed by atoms with E-state index < -0.39 is 47.2 Å². The molecule has 2 aliphatic heterocycles. The van der Waals surface area contributed by atoms with Crippen LogP contribution in [0.1, 0.15) is 43.7 Å². The summed E-state index contributed by atoms with van der Waals surface area (Å²) in [6, 6.07) is 2.06. The van der Waals surface area contributed by atoms with Gasteiger partial charge in [0.15, 0.2) is 23.7 Å². The van der Waals surface area contributed by atoms with Gasteiger partial charge in [0.1, 0.15) is 11.8 Å². The van der Waals surface area contributed by atoms with E-state index in [0.717, 1.165) is 11.1 Å². The molecule has 1 saturated heterocycles. The average molecular weight is 503 g/mol. The molecule has 1 aromatic rings. The van der Waals surface area contributed by atoms with Crippen LogP contribution >= 0.6 is 0 Å². The van der Waals surface area contributed by atoms with Gasteiger partial charge < -0.3 is 40.2 Å². The molecule has 36 heavy (non-hydrogen) atoms. The molecule has 194 valence electrons. The second-order valence-corrected chi connectivity index (χ2v) is 10.1. The highest BCUT2D eigenvalue weighted by Crippen LogP contribution is 2.65. The highest BCUT2D eigenvalue weighted by atomic mass is 16.6. The van der Waals surface area contributed by atoms with Gasteiger partial charge in [-0.05, 0) is 57.5 Å². The van der Waals surface area contributed by atoms with E-state index in [0.29, 0.717) is 25.1 Å². The number of carbonyl (C=O) groups is 3. The Morgan fingerprint density at radius 1 is 1.31 bits per heavy atom. The number of phenolic OH excluding ortho intramolecular Hbond substituents is 1. The fourth-order valence-corrected chi connectivity index (χ4v) is 6.34. The zero-order valence-corrected chi connectivity index (χ0v) is 20.1. The number of likely N-dealkylation sites (N-methyl/N-ethyl adjacent to an activating group) is 1. The first-order chi connectivity index (χ1) is 17.0. The molecule has 0 amide bonds. The van der Waals surface area contributed by atoms with E-state index in [-0.39, 0.29) is 36.8 Å². The Bertz CT molecular complexity index is 1170. The normalized spacial score (nSPS) is 31.4. The van der Waals surface area contributed by atoms with E-state index >= 15 is 0 Å². The van der Waals surface area contributed by atoms with E-state index in [2.05, 4.69) is 4.90 Å². The minimum absolute atomic E-state index is 0.0411. The quantitative estimate of drug-likeness (QED) is 0.379. The Morgan fingerprint density at radius 2 is 2.06 bits per heavy atom. The molecule has 6 atom stereocenters. The highest BCUT2D eigenvalue weighted by molar-refractivity contribution is 5.82. The predicted octanol–water partition coefficient (Wildman–Crippen LogP) is 0.337. The Labute approximate surface area is 207 Å². The van der Waals surface area contributed by atoms with Crippen molar-refractivity contribution in [1.82, 2.24) is 4.90 Å². The number of nitrogens with two attached hydrogens (primary N) is 1. The summed E-state index contributed by atoms with van der Waals surface area (Å²) in [7, 11) is 1.98. The molecule has 2 heterocycles. The molecule has 2 aliphatic carbocycles. The zero-order chi connectivity index (χ0) is 26.0. The van der Waals surface area contributed by atoms with Crippen LogP contribution in [0.15, 0.2) is 24.0 Å². The fraction of sp³-hybridized carbons (Fsp3) is 0.560. The lowest BCUT2D eigenvalue weighted by atomic mass is 9.50. The number of carboxylic acids is 1. The number of ether oxygens (including phenoxy) is 3. The Kier molecular flexibility index (Phi) is 5.77. The van der Waals surface area contributed by atoms with Crippen molar-refractivity contribution in [2.24, 2.45) is 5.73 Å². The number of aliphatic carboxylic acids is 1. The Hall–Kier alpha value is -3.15. The molecule has 1 spiro atoms. The second-order valence-electron chi connectivity index (χ2n) is 10.1. The molecular formula is C25H30N2O9. The minimum atomic E-state index is -1.31. The van der Waals surface area contributed by atoms with E-state index in [1.807, 2.05) is 13.1 Å². The van der Waals surface area contributed by atoms with Crippen LogP contribution in [0.3, 0.4) is 0 Å². The van der Waals surface area contributed by atoms with Gasteiger partial charge >= 0.3 is 17.9 Å². The van der Waals surface area contributed by atoms with E-state index in [1.165, 1.54) is 6.92 Å². The summed E-state index contributed by atoms with van der Waals surface area (Å²) in [6.45, 7) is 2.02. The Morgan fingerprint density at radius 3 is 2.78 bits per heavy atom. The van der Waals surface area contributed by atoms with Gasteiger partial charge in [-0.15, -0.1) is 0 Å². The summed E-state index contributed by atoms with van der Waals surface area (Å²) in [5, 5.41) is 31.4. The summed E-state index contributed by atoms with van der Waals surface area (Å²) >= 11 is 0. The molecule has 11 nitrogen and oxygen atoms in total. The lowest BCUT2D eigenvalue weighted by molar-refractivity contribution is -0.175. The van der Waals surface area contributed by atoms with Crippen LogP contribution in [0.2, 0.25) is 0 Å². The van der Waals surface area contributed by atoms with Crippen molar-refractivity contribution >= 4 is 17.9 Å². The first kappa shape index (κ1) is 24.5. The smallest absolute Gasteiger partial charge is 0.352 e. The lowest BCUT2D eigenvalue weighted by Crippen LogP contribution is -2.74. The van der Waals surface area contributed by atoms with Crippen LogP contribution in [0.5, 0.6) is 11.5 Å². The first-order valence-corrected chi connectivity index (χ1v) is 12.0. The number of rotatable bonds is 7. The molecule has 0 saturated carbocycles. The van der Waals surface area contributed by atoms with Crippen LogP contribution in [-0.4, -0.2) is 81.6 Å². The first-order valence-electron chi connectivity index (χ1n) is 12.0. The highest BCUT2D eigenvalue weighted by Gasteiger charge is 2.72. The van der Waals surface area contributed by atoms with Crippen LogP contribution in [0, 0.1) is 0 Å². The van der Waals surface area contributed by atoms with Crippen LogP contribution in [0.25, 0.3) is 0 Å². The number of aliphatic hydroxyl groups is 1. The minimum Gasteiger partial charge on any atom is -0.504 e. The molecule has 5 rings (SSSR count). The molecule has 1 fully saturated rings. The topological polar surface area (TPSA) is 169 Å². The summed E-state index contributed by atoms with van der Waals surface area (Å²) in [5.74, 6) is -2.41. The summed E-state index contributed by atoms with van der Waals surface area (Å²) in [6.07, 6.45) is 0.390. The lowest BCUT2D eigenvalue weighted by Gasteiger charge is -2.61. The van der Waals surface area contributed by atoms with Crippen molar-refractivity contribution in [1.29, 1.82) is 0 Å². The maximum absolute atomic E-state index is 12.9. The number of phenols is 1. The Balaban J connectivity index is 1.39. The summed E-state index contributed by atoms with van der Waals surface area (Å²) in [4.78, 5) is 37.9. The molecule has 0 radical (unpaired) electrons. The van der Waals surface area contributed by atoms with Crippen LogP contribution < -0.4 is 10.5 Å². The standard InChI is InChI=1S/C25H30N2O9/c1-12(34-23(32)14(26)4-6-18(29)30)22(31)35-16-7-8-25(33)17-11-13-3-5-15(28)20-19(13)24(25,21(16)36-20)9-10-27(17)2/h3,5,7,12,14,17,21,28,33H,4,6,8-11,26H2,1-2H3,(H,29,30)/t12-,14-,17-,21-,24-,25+/m0/s1. The monoisotopic (exact) mass is 502 g/mol. The third-order valence-electron chi connectivity index (χ3n) is 8.17. The van der Waals surface area contributed by atoms with E-state index in [4.69, 9.17) is 25.1 Å². The van der Waals surface area contributed by atoms with Gasteiger partial charge in [0.05, 0.1) is 11.0 Å². The number of hydrogen-bond acceptors (Lipinski definition) is 10. The third kappa shape index (κ3) is 3.40. The number of carboxylic acid groups (broad SMARTS) is 1. The zero-order valence-electron chi connectivity index (χ0n) is 20.1. The predicted molar refractivity (Wildman–Crippen MR) is 123 cm³/mol. The molecule has 1 aromatic carbocycles. The van der Waals surface area contributed by atoms with Gasteiger partial charge in [-0.25, -0.2) is 4.79 Å². The molecular weight excluding hydrogens is 472 g/mol. The largest absolute Gasteiger partial charge is 0.504 e. The third-order valence-corrected chi connectivity index (χ3v) is 8.17. The average Bonchev–Trinajstić information content (AvgIpc) is 3.19. The molecule has 0 unspecified atom stereocenters. The van der Waals surface area contributed by atoms with Crippen molar-refractivity contribution in [3.05, 3.63) is 35.1 Å². The van der Waals surface area contributed by atoms with Gasteiger partial charge in [-0.3, -0.25) is 9.59 Å². The molecule has 0 aromatic heterocycles.